The van der Waals surface area contributed by atoms with Gasteiger partial charge in [0.05, 0.1) is 7.11 Å². The van der Waals surface area contributed by atoms with Gasteiger partial charge in [0.2, 0.25) is 0 Å². The number of rotatable bonds is 8. The lowest BCUT2D eigenvalue weighted by Crippen LogP contribution is -2.23. The molecule has 0 atom stereocenters. The molecule has 1 heterocycles. The predicted octanol–water partition coefficient (Wildman–Crippen LogP) is 4.21. The van der Waals surface area contributed by atoms with E-state index in [1.165, 1.54) is 19.2 Å². The van der Waals surface area contributed by atoms with Gasteiger partial charge in [-0.15, -0.1) is 0 Å². The van der Waals surface area contributed by atoms with E-state index in [1.807, 2.05) is 6.92 Å². The third-order valence-corrected chi connectivity index (χ3v) is 4.52. The summed E-state index contributed by atoms with van der Waals surface area (Å²) in [6.07, 6.45) is 1.32. The van der Waals surface area contributed by atoms with Gasteiger partial charge in [-0.05, 0) is 42.3 Å². The van der Waals surface area contributed by atoms with Gasteiger partial charge < -0.3 is 14.8 Å². The standard InChI is InChI=1S/C20H20FN3O3S/c1-3-10-22-19(25)14-6-9-16(26-2)17(12-14)27-20-23-18(24-28-20)11-13-4-7-15(21)8-5-13/h4-9,12H,3,10-11H2,1-2H3,(H,22,25). The van der Waals surface area contributed by atoms with Crippen LogP contribution in [0, 0.1) is 5.82 Å². The Morgan fingerprint density at radius 3 is 2.68 bits per heavy atom. The average Bonchev–Trinajstić information content (AvgIpc) is 3.14. The van der Waals surface area contributed by atoms with Gasteiger partial charge in [0.15, 0.2) is 17.3 Å². The first-order valence-corrected chi connectivity index (χ1v) is 9.57. The number of aromatic nitrogens is 2. The van der Waals surface area contributed by atoms with Crippen molar-refractivity contribution in [3.63, 3.8) is 0 Å². The number of ether oxygens (including phenoxy) is 2. The van der Waals surface area contributed by atoms with E-state index in [0.717, 1.165) is 23.5 Å². The molecule has 3 rings (SSSR count). The molecule has 0 fully saturated rings. The maximum absolute atomic E-state index is 13.0. The lowest BCUT2D eigenvalue weighted by atomic mass is 10.1. The number of benzene rings is 2. The molecule has 1 amide bonds. The average molecular weight is 401 g/mol. The molecule has 1 N–H and O–H groups in total. The SMILES string of the molecule is CCCNC(=O)c1ccc(OC)c(Oc2nc(Cc3ccc(F)cc3)ns2)c1. The highest BCUT2D eigenvalue weighted by Crippen LogP contribution is 2.33. The molecule has 1 aromatic heterocycles. The van der Waals surface area contributed by atoms with Gasteiger partial charge in [-0.3, -0.25) is 4.79 Å². The number of amides is 1. The zero-order valence-electron chi connectivity index (χ0n) is 15.6. The summed E-state index contributed by atoms with van der Waals surface area (Å²) in [5.41, 5.74) is 1.37. The molecule has 0 unspecified atom stereocenters. The molecule has 2 aromatic carbocycles. The summed E-state index contributed by atoms with van der Waals surface area (Å²) in [5, 5.41) is 3.16. The topological polar surface area (TPSA) is 73.3 Å². The number of methoxy groups -OCH3 is 1. The van der Waals surface area contributed by atoms with Crippen LogP contribution in [0.25, 0.3) is 0 Å². The Labute approximate surface area is 166 Å². The third kappa shape index (κ3) is 5.04. The van der Waals surface area contributed by atoms with Crippen LogP contribution in [0.5, 0.6) is 16.7 Å². The van der Waals surface area contributed by atoms with Gasteiger partial charge in [0.1, 0.15) is 5.82 Å². The quantitative estimate of drug-likeness (QED) is 0.612. The minimum absolute atomic E-state index is 0.177. The van der Waals surface area contributed by atoms with Crippen molar-refractivity contribution >= 4 is 17.4 Å². The summed E-state index contributed by atoms with van der Waals surface area (Å²) in [4.78, 5) is 16.5. The van der Waals surface area contributed by atoms with E-state index >= 15 is 0 Å². The molecule has 0 saturated heterocycles. The molecule has 0 radical (unpaired) electrons. The first-order chi connectivity index (χ1) is 13.6. The number of halogens is 1. The maximum Gasteiger partial charge on any atom is 0.298 e. The van der Waals surface area contributed by atoms with Crippen LogP contribution in [0.3, 0.4) is 0 Å². The molecule has 0 aliphatic rings. The van der Waals surface area contributed by atoms with Crippen LogP contribution < -0.4 is 14.8 Å². The molecule has 0 saturated carbocycles. The first-order valence-electron chi connectivity index (χ1n) is 8.80. The Hall–Kier alpha value is -3.00. The van der Waals surface area contributed by atoms with Crippen molar-refractivity contribution in [2.75, 3.05) is 13.7 Å². The minimum Gasteiger partial charge on any atom is -0.493 e. The summed E-state index contributed by atoms with van der Waals surface area (Å²) < 4.78 is 28.4. The van der Waals surface area contributed by atoms with Crippen molar-refractivity contribution in [2.24, 2.45) is 0 Å². The lowest BCUT2D eigenvalue weighted by Gasteiger charge is -2.10. The summed E-state index contributed by atoms with van der Waals surface area (Å²) in [6.45, 7) is 2.59. The highest BCUT2D eigenvalue weighted by Gasteiger charge is 2.14. The summed E-state index contributed by atoms with van der Waals surface area (Å²) in [6, 6.07) is 11.2. The van der Waals surface area contributed by atoms with E-state index in [4.69, 9.17) is 9.47 Å². The Bertz CT molecular complexity index is 944. The third-order valence-electron chi connectivity index (χ3n) is 3.88. The first kappa shape index (κ1) is 19.8. The Kier molecular flexibility index (Phi) is 6.54. The Morgan fingerprint density at radius 2 is 1.96 bits per heavy atom. The molecule has 8 heteroatoms. The normalized spacial score (nSPS) is 10.5. The number of carbonyl (C=O) groups is 1. The van der Waals surface area contributed by atoms with Crippen LogP contribution in [0.1, 0.15) is 35.1 Å². The van der Waals surface area contributed by atoms with Gasteiger partial charge >= 0.3 is 0 Å². The maximum atomic E-state index is 13.0. The fourth-order valence-corrected chi connectivity index (χ4v) is 3.03. The van der Waals surface area contributed by atoms with E-state index in [2.05, 4.69) is 14.7 Å². The largest absolute Gasteiger partial charge is 0.493 e. The van der Waals surface area contributed by atoms with Crippen LogP contribution in [-0.2, 0) is 6.42 Å². The number of carbonyl (C=O) groups excluding carboxylic acids is 1. The van der Waals surface area contributed by atoms with E-state index in [0.29, 0.717) is 41.0 Å². The number of nitrogens with zero attached hydrogens (tertiary/aromatic N) is 2. The Morgan fingerprint density at radius 1 is 1.18 bits per heavy atom. The number of hydrogen-bond donors (Lipinski definition) is 1. The highest BCUT2D eigenvalue weighted by atomic mass is 32.1. The molecule has 0 aliphatic heterocycles. The fraction of sp³-hybridized carbons (Fsp3) is 0.250. The van der Waals surface area contributed by atoms with E-state index in [1.54, 1.807) is 30.3 Å². The zero-order chi connectivity index (χ0) is 19.9. The van der Waals surface area contributed by atoms with Crippen molar-refractivity contribution < 1.29 is 18.7 Å². The monoisotopic (exact) mass is 401 g/mol. The molecule has 3 aromatic rings. The van der Waals surface area contributed by atoms with Crippen molar-refractivity contribution in [3.05, 3.63) is 65.2 Å². The van der Waals surface area contributed by atoms with Crippen LogP contribution >= 0.6 is 11.5 Å². The van der Waals surface area contributed by atoms with E-state index < -0.39 is 0 Å². The molecule has 6 nitrogen and oxygen atoms in total. The molecule has 28 heavy (non-hydrogen) atoms. The van der Waals surface area contributed by atoms with Gasteiger partial charge in [0.25, 0.3) is 11.1 Å². The fourth-order valence-electron chi connectivity index (χ4n) is 2.47. The van der Waals surface area contributed by atoms with Gasteiger partial charge in [-0.1, -0.05) is 19.1 Å². The van der Waals surface area contributed by atoms with Gasteiger partial charge in [-0.25, -0.2) is 4.39 Å². The minimum atomic E-state index is -0.283. The van der Waals surface area contributed by atoms with E-state index in [-0.39, 0.29) is 11.7 Å². The molecular formula is C20H20FN3O3S. The van der Waals surface area contributed by atoms with Crippen LogP contribution in [-0.4, -0.2) is 28.9 Å². The van der Waals surface area contributed by atoms with Crippen LogP contribution in [0.4, 0.5) is 4.39 Å². The van der Waals surface area contributed by atoms with Crippen molar-refractivity contribution in [1.29, 1.82) is 0 Å². The van der Waals surface area contributed by atoms with Crippen LogP contribution in [0.15, 0.2) is 42.5 Å². The van der Waals surface area contributed by atoms with Gasteiger partial charge in [-0.2, -0.15) is 9.36 Å². The molecule has 146 valence electrons. The summed E-state index contributed by atoms with van der Waals surface area (Å²) in [5.74, 6) is 0.985. The van der Waals surface area contributed by atoms with E-state index in [9.17, 15) is 9.18 Å². The highest BCUT2D eigenvalue weighted by molar-refractivity contribution is 7.07. The molecular weight excluding hydrogens is 381 g/mol. The summed E-state index contributed by atoms with van der Waals surface area (Å²) in [7, 11) is 1.53. The van der Waals surface area contributed by atoms with Gasteiger partial charge in [0, 0.05) is 30.1 Å². The lowest BCUT2D eigenvalue weighted by molar-refractivity contribution is 0.0953. The number of hydrogen-bond acceptors (Lipinski definition) is 6. The molecule has 0 bridgehead atoms. The van der Waals surface area contributed by atoms with Crippen molar-refractivity contribution in [2.45, 2.75) is 19.8 Å². The zero-order valence-corrected chi connectivity index (χ0v) is 16.4. The van der Waals surface area contributed by atoms with Crippen LogP contribution in [0.2, 0.25) is 0 Å². The Balaban J connectivity index is 1.74. The predicted molar refractivity (Wildman–Crippen MR) is 105 cm³/mol. The van der Waals surface area contributed by atoms with Crippen molar-refractivity contribution in [3.8, 4) is 16.7 Å². The molecule has 0 spiro atoms. The second-order valence-electron chi connectivity index (χ2n) is 6.00. The second kappa shape index (κ2) is 9.27. The summed E-state index contributed by atoms with van der Waals surface area (Å²) >= 11 is 1.10. The smallest absolute Gasteiger partial charge is 0.298 e. The van der Waals surface area contributed by atoms with Crippen molar-refractivity contribution in [1.82, 2.24) is 14.7 Å². The molecule has 0 aliphatic carbocycles. The second-order valence-corrected chi connectivity index (χ2v) is 6.72. The number of nitrogens with one attached hydrogen (secondary N) is 1.